The lowest BCUT2D eigenvalue weighted by Gasteiger charge is -2.12. The number of rotatable bonds is 3. The van der Waals surface area contributed by atoms with Gasteiger partial charge < -0.3 is 8.83 Å². The molecule has 1 aromatic carbocycles. The summed E-state index contributed by atoms with van der Waals surface area (Å²) in [6.45, 7) is 1.88. The third kappa shape index (κ3) is 2.96. The third-order valence-corrected chi connectivity index (χ3v) is 5.84. The molecule has 1 aliphatic heterocycles. The van der Waals surface area contributed by atoms with Crippen molar-refractivity contribution >= 4 is 40.7 Å². The first-order valence-corrected chi connectivity index (χ1v) is 10.1. The zero-order valence-corrected chi connectivity index (χ0v) is 16.8. The molecule has 0 saturated carbocycles. The van der Waals surface area contributed by atoms with E-state index in [-0.39, 0.29) is 0 Å². The van der Waals surface area contributed by atoms with E-state index in [0.29, 0.717) is 33.1 Å². The number of thioether (sulfide) groups is 1. The molecule has 140 valence electrons. The molecule has 1 aliphatic rings. The van der Waals surface area contributed by atoms with Crippen LogP contribution in [0.15, 0.2) is 61.8 Å². The van der Waals surface area contributed by atoms with Crippen LogP contribution in [0.4, 0.5) is 0 Å². The summed E-state index contributed by atoms with van der Waals surface area (Å²) in [5.41, 5.74) is 2.43. The number of halogens is 2. The zero-order valence-electron chi connectivity index (χ0n) is 14.5. The van der Waals surface area contributed by atoms with E-state index in [4.69, 9.17) is 37.1 Å². The lowest BCUT2D eigenvalue weighted by atomic mass is 10.2. The van der Waals surface area contributed by atoms with Crippen LogP contribution in [0, 0.1) is 6.92 Å². The molecule has 3 aromatic heterocycles. The van der Waals surface area contributed by atoms with Gasteiger partial charge in [0.05, 0.1) is 16.8 Å². The Labute approximate surface area is 174 Å². The van der Waals surface area contributed by atoms with Gasteiger partial charge in [-0.15, -0.1) is 10.2 Å². The first-order chi connectivity index (χ1) is 13.6. The summed E-state index contributed by atoms with van der Waals surface area (Å²) in [6, 6.07) is 10.9. The van der Waals surface area contributed by atoms with Gasteiger partial charge in [0.2, 0.25) is 5.16 Å². The van der Waals surface area contributed by atoms with Gasteiger partial charge in [-0.05, 0) is 43.3 Å². The predicted octanol–water partition coefficient (Wildman–Crippen LogP) is 5.77. The van der Waals surface area contributed by atoms with Crippen molar-refractivity contribution in [3.63, 3.8) is 0 Å². The highest BCUT2D eigenvalue weighted by molar-refractivity contribution is 7.99. The largest absolute Gasteiger partial charge is 0.469 e. The summed E-state index contributed by atoms with van der Waals surface area (Å²) in [5.74, 6) is 3.36. The topological polar surface area (TPSA) is 69.3 Å². The van der Waals surface area contributed by atoms with E-state index in [9.17, 15) is 0 Å². The summed E-state index contributed by atoms with van der Waals surface area (Å²) >= 11 is 13.8. The van der Waals surface area contributed by atoms with Crippen LogP contribution in [0.1, 0.15) is 11.5 Å². The summed E-state index contributed by atoms with van der Waals surface area (Å²) in [4.78, 5) is 0. The highest BCUT2D eigenvalue weighted by Crippen LogP contribution is 2.34. The minimum atomic E-state index is 0.534. The first-order valence-electron chi connectivity index (χ1n) is 8.36. The fourth-order valence-corrected chi connectivity index (χ4v) is 4.28. The smallest absolute Gasteiger partial charge is 0.212 e. The van der Waals surface area contributed by atoms with Crippen LogP contribution in [-0.2, 0) is 0 Å². The van der Waals surface area contributed by atoms with Crippen molar-refractivity contribution in [1.29, 1.82) is 0 Å². The molecular weight excluding hydrogens is 419 g/mol. The van der Waals surface area contributed by atoms with Gasteiger partial charge in [-0.3, -0.25) is 0 Å². The van der Waals surface area contributed by atoms with E-state index in [1.807, 2.05) is 31.2 Å². The molecule has 4 heterocycles. The Kier molecular flexibility index (Phi) is 4.30. The average Bonchev–Trinajstić information content (AvgIpc) is 3.40. The molecule has 0 fully saturated rings. The molecule has 0 radical (unpaired) electrons. The Balaban J connectivity index is 1.53. The molecule has 0 N–H and O–H groups in total. The number of fused-ring (bicyclic) bond motifs is 1. The normalized spacial score (nSPS) is 13.5. The Morgan fingerprint density at radius 2 is 1.89 bits per heavy atom. The molecule has 4 aromatic rings. The molecule has 0 spiro atoms. The zero-order chi connectivity index (χ0) is 19.3. The highest BCUT2D eigenvalue weighted by Gasteiger charge is 2.24. The maximum Gasteiger partial charge on any atom is 0.212 e. The maximum absolute atomic E-state index is 6.30. The van der Waals surface area contributed by atoms with Crippen molar-refractivity contribution in [1.82, 2.24) is 14.9 Å². The molecule has 28 heavy (non-hydrogen) atoms. The van der Waals surface area contributed by atoms with Crippen LogP contribution < -0.4 is 0 Å². The molecule has 0 aliphatic carbocycles. The number of benzene rings is 1. The Morgan fingerprint density at radius 3 is 2.68 bits per heavy atom. The standard InChI is InChI=1S/C19H12Cl2N4O2S/c1-10-12(6-7-26-10)18-22-23-19-25(18)24-15(9-28-19)17-5-4-16(27-17)13-3-2-11(20)8-14(13)21/h2-8H,9H2,1H3. The number of hydrogen-bond acceptors (Lipinski definition) is 6. The van der Waals surface area contributed by atoms with Crippen LogP contribution in [0.5, 0.6) is 0 Å². The molecule has 0 unspecified atom stereocenters. The van der Waals surface area contributed by atoms with Crippen LogP contribution in [0.3, 0.4) is 0 Å². The number of furan rings is 2. The fourth-order valence-electron chi connectivity index (χ4n) is 2.96. The second-order valence-electron chi connectivity index (χ2n) is 6.13. The van der Waals surface area contributed by atoms with Gasteiger partial charge in [-0.25, -0.2) is 0 Å². The Hall–Kier alpha value is -2.48. The van der Waals surface area contributed by atoms with E-state index in [2.05, 4.69) is 10.2 Å². The summed E-state index contributed by atoms with van der Waals surface area (Å²) < 4.78 is 13.1. The monoisotopic (exact) mass is 430 g/mol. The second-order valence-corrected chi connectivity index (χ2v) is 7.92. The van der Waals surface area contributed by atoms with Crippen molar-refractivity contribution < 1.29 is 8.83 Å². The Morgan fingerprint density at radius 1 is 1.04 bits per heavy atom. The summed E-state index contributed by atoms with van der Waals surface area (Å²) in [6.07, 6.45) is 1.63. The van der Waals surface area contributed by atoms with Gasteiger partial charge in [-0.1, -0.05) is 35.0 Å². The minimum Gasteiger partial charge on any atom is -0.469 e. The lowest BCUT2D eigenvalue weighted by Crippen LogP contribution is -2.13. The molecule has 0 saturated heterocycles. The maximum atomic E-state index is 6.30. The van der Waals surface area contributed by atoms with Crippen molar-refractivity contribution in [3.05, 3.63) is 64.2 Å². The van der Waals surface area contributed by atoms with Crippen molar-refractivity contribution in [2.24, 2.45) is 5.10 Å². The number of aromatic nitrogens is 3. The van der Waals surface area contributed by atoms with Crippen LogP contribution in [0.2, 0.25) is 10.0 Å². The van der Waals surface area contributed by atoms with Gasteiger partial charge in [0, 0.05) is 16.3 Å². The second kappa shape index (κ2) is 6.84. The van der Waals surface area contributed by atoms with Gasteiger partial charge in [0.15, 0.2) is 11.6 Å². The van der Waals surface area contributed by atoms with E-state index in [1.165, 1.54) is 0 Å². The third-order valence-electron chi connectivity index (χ3n) is 4.36. The van der Waals surface area contributed by atoms with Gasteiger partial charge in [-0.2, -0.15) is 9.78 Å². The summed E-state index contributed by atoms with van der Waals surface area (Å²) in [5, 5.41) is 15.0. The van der Waals surface area contributed by atoms with E-state index < -0.39 is 0 Å². The van der Waals surface area contributed by atoms with Gasteiger partial charge in [0.1, 0.15) is 17.2 Å². The average molecular weight is 431 g/mol. The quantitative estimate of drug-likeness (QED) is 0.412. The van der Waals surface area contributed by atoms with Crippen molar-refractivity contribution in [2.45, 2.75) is 12.1 Å². The molecule has 0 amide bonds. The van der Waals surface area contributed by atoms with Crippen molar-refractivity contribution in [2.75, 3.05) is 5.75 Å². The fraction of sp³-hybridized carbons (Fsp3) is 0.105. The van der Waals surface area contributed by atoms with Gasteiger partial charge >= 0.3 is 0 Å². The Bertz CT molecular complexity index is 1220. The van der Waals surface area contributed by atoms with Crippen molar-refractivity contribution in [3.8, 4) is 22.7 Å². The SMILES string of the molecule is Cc1occc1-c1nnc2n1N=C(c1ccc(-c3ccc(Cl)cc3Cl)o1)CS2. The minimum absolute atomic E-state index is 0.534. The molecule has 0 bridgehead atoms. The molecular formula is C19H12Cl2N4O2S. The molecule has 0 atom stereocenters. The molecule has 5 rings (SSSR count). The first kappa shape index (κ1) is 17.6. The highest BCUT2D eigenvalue weighted by atomic mass is 35.5. The van der Waals surface area contributed by atoms with Gasteiger partial charge in [0.25, 0.3) is 0 Å². The predicted molar refractivity (Wildman–Crippen MR) is 109 cm³/mol. The van der Waals surface area contributed by atoms with E-state index >= 15 is 0 Å². The number of nitrogens with zero attached hydrogens (tertiary/aromatic N) is 4. The lowest BCUT2D eigenvalue weighted by molar-refractivity contribution is 0.534. The van der Waals surface area contributed by atoms with E-state index in [1.54, 1.807) is 34.8 Å². The van der Waals surface area contributed by atoms with Crippen LogP contribution in [-0.4, -0.2) is 26.3 Å². The van der Waals surface area contributed by atoms with Crippen LogP contribution in [0.25, 0.3) is 22.7 Å². The number of aryl methyl sites for hydroxylation is 1. The van der Waals surface area contributed by atoms with E-state index in [0.717, 1.165) is 27.8 Å². The molecule has 9 heteroatoms. The van der Waals surface area contributed by atoms with Crippen LogP contribution >= 0.6 is 35.0 Å². The number of hydrogen-bond donors (Lipinski definition) is 0. The summed E-state index contributed by atoms with van der Waals surface area (Å²) in [7, 11) is 0. The molecule has 6 nitrogen and oxygen atoms in total.